The minimum absolute atomic E-state index is 0.0708. The molecule has 3 aromatic rings. The molecule has 4 rings (SSSR count). The number of Topliss-reactive ketones (excluding diaryl/α,β-unsaturated/α-hetero) is 1. The van der Waals surface area contributed by atoms with Gasteiger partial charge in [0.1, 0.15) is 29.6 Å². The fourth-order valence-corrected chi connectivity index (χ4v) is 4.81. The van der Waals surface area contributed by atoms with E-state index in [1.807, 2.05) is 24.4 Å². The van der Waals surface area contributed by atoms with Crippen LogP contribution in [0.25, 0.3) is 5.76 Å². The summed E-state index contributed by atoms with van der Waals surface area (Å²) in [6.45, 7) is 2.21. The van der Waals surface area contributed by atoms with E-state index in [1.165, 1.54) is 16.2 Å². The van der Waals surface area contributed by atoms with Crippen molar-refractivity contribution < 1.29 is 28.9 Å². The first kappa shape index (κ1) is 23.4. The molecule has 1 unspecified atom stereocenters. The largest absolute Gasteiger partial charge is 0.507 e. The van der Waals surface area contributed by atoms with Crippen LogP contribution in [-0.4, -0.2) is 49.1 Å². The number of rotatable bonds is 8. The number of methoxy groups -OCH3 is 2. The average Bonchev–Trinajstić information content (AvgIpc) is 3.46. The molecule has 1 fully saturated rings. The quantitative estimate of drug-likeness (QED) is 0.289. The number of aliphatic hydroxyl groups is 1. The number of likely N-dealkylation sites (tertiary alicyclic amines) is 1. The predicted octanol–water partition coefficient (Wildman–Crippen LogP) is 4.57. The zero-order chi connectivity index (χ0) is 24.2. The maximum absolute atomic E-state index is 13.1. The van der Waals surface area contributed by atoms with Gasteiger partial charge in [0.25, 0.3) is 11.7 Å². The minimum Gasteiger partial charge on any atom is -0.507 e. The molecule has 0 radical (unpaired) electrons. The van der Waals surface area contributed by atoms with E-state index in [-0.39, 0.29) is 24.5 Å². The van der Waals surface area contributed by atoms with Gasteiger partial charge in [0, 0.05) is 10.4 Å². The molecule has 1 N–H and O–H groups in total. The average molecular weight is 480 g/mol. The highest BCUT2D eigenvalue weighted by Crippen LogP contribution is 2.41. The summed E-state index contributed by atoms with van der Waals surface area (Å²) in [5.74, 6) is 0.420. The van der Waals surface area contributed by atoms with Crippen molar-refractivity contribution in [1.82, 2.24) is 4.90 Å². The lowest BCUT2D eigenvalue weighted by molar-refractivity contribution is -0.140. The van der Waals surface area contributed by atoms with Gasteiger partial charge in [0.15, 0.2) is 0 Å². The summed E-state index contributed by atoms with van der Waals surface area (Å²) in [6, 6.07) is 15.3. The van der Waals surface area contributed by atoms with Gasteiger partial charge in [-0.05, 0) is 66.4 Å². The molecule has 0 spiro atoms. The second-order valence-corrected chi connectivity index (χ2v) is 8.70. The molecule has 7 nitrogen and oxygen atoms in total. The first-order valence-electron chi connectivity index (χ1n) is 10.7. The molecule has 2 aromatic carbocycles. The van der Waals surface area contributed by atoms with E-state index in [2.05, 4.69) is 0 Å². The van der Waals surface area contributed by atoms with Crippen molar-refractivity contribution in [3.8, 4) is 17.2 Å². The Morgan fingerprint density at radius 1 is 1.03 bits per heavy atom. The van der Waals surface area contributed by atoms with Crippen LogP contribution in [0, 0.1) is 6.92 Å². The molecule has 1 saturated heterocycles. The van der Waals surface area contributed by atoms with E-state index in [1.54, 1.807) is 56.7 Å². The Morgan fingerprint density at radius 2 is 1.76 bits per heavy atom. The van der Waals surface area contributed by atoms with Gasteiger partial charge >= 0.3 is 0 Å². The molecule has 0 bridgehead atoms. The molecule has 1 aliphatic heterocycles. The van der Waals surface area contributed by atoms with Crippen LogP contribution in [0.15, 0.2) is 65.6 Å². The van der Waals surface area contributed by atoms with Crippen LogP contribution in [0.5, 0.6) is 17.2 Å². The number of hydrogen-bond donors (Lipinski definition) is 1. The standard InChI is InChI=1S/C26H25NO6S/c1-16-15-17(6-11-20(16)32-3)24(28)22-23(21-5-4-14-34-21)27(26(30)25(22)29)12-13-33-19-9-7-18(31-2)8-10-19/h4-11,14-15,23,28H,12-13H2,1-3H3/b24-22-. The molecular weight excluding hydrogens is 454 g/mol. The summed E-state index contributed by atoms with van der Waals surface area (Å²) in [7, 11) is 3.16. The van der Waals surface area contributed by atoms with Crippen LogP contribution < -0.4 is 14.2 Å². The SMILES string of the molecule is COc1ccc(OCCN2C(=O)C(=O)/C(=C(\O)c3ccc(OC)c(C)c3)C2c2cccs2)cc1. The molecule has 1 aliphatic rings. The predicted molar refractivity (Wildman–Crippen MR) is 130 cm³/mol. The van der Waals surface area contributed by atoms with E-state index in [0.717, 1.165) is 10.4 Å². The van der Waals surface area contributed by atoms with Crippen molar-refractivity contribution in [2.75, 3.05) is 27.4 Å². The van der Waals surface area contributed by atoms with E-state index in [9.17, 15) is 14.7 Å². The van der Waals surface area contributed by atoms with Crippen LogP contribution in [0.3, 0.4) is 0 Å². The number of hydrogen-bond acceptors (Lipinski definition) is 7. The van der Waals surface area contributed by atoms with Crippen LogP contribution in [-0.2, 0) is 9.59 Å². The number of aliphatic hydroxyl groups excluding tert-OH is 1. The van der Waals surface area contributed by atoms with Gasteiger partial charge in [-0.2, -0.15) is 0 Å². The third kappa shape index (κ3) is 4.49. The number of carbonyl (C=O) groups is 2. The van der Waals surface area contributed by atoms with Gasteiger partial charge in [0.05, 0.1) is 32.4 Å². The second-order valence-electron chi connectivity index (χ2n) is 7.72. The van der Waals surface area contributed by atoms with Gasteiger partial charge in [-0.3, -0.25) is 9.59 Å². The van der Waals surface area contributed by atoms with Crippen molar-refractivity contribution in [3.63, 3.8) is 0 Å². The number of benzene rings is 2. The molecule has 2 heterocycles. The van der Waals surface area contributed by atoms with E-state index in [0.29, 0.717) is 22.8 Å². The normalized spacial score (nSPS) is 17.1. The van der Waals surface area contributed by atoms with Gasteiger partial charge in [-0.15, -0.1) is 11.3 Å². The van der Waals surface area contributed by atoms with Crippen LogP contribution in [0.4, 0.5) is 0 Å². The number of carbonyl (C=O) groups excluding carboxylic acids is 2. The highest BCUT2D eigenvalue weighted by Gasteiger charge is 2.46. The van der Waals surface area contributed by atoms with Crippen molar-refractivity contribution >= 4 is 28.8 Å². The minimum atomic E-state index is -0.714. The molecule has 1 aromatic heterocycles. The smallest absolute Gasteiger partial charge is 0.295 e. The molecule has 8 heteroatoms. The van der Waals surface area contributed by atoms with Gasteiger partial charge in [-0.25, -0.2) is 0 Å². The maximum atomic E-state index is 13.1. The summed E-state index contributed by atoms with van der Waals surface area (Å²) in [6.07, 6.45) is 0. The number of ketones is 1. The summed E-state index contributed by atoms with van der Waals surface area (Å²) in [5, 5.41) is 13.0. The van der Waals surface area contributed by atoms with Crippen LogP contribution in [0.1, 0.15) is 22.0 Å². The molecule has 1 amide bonds. The molecule has 1 atom stereocenters. The summed E-state index contributed by atoms with van der Waals surface area (Å²) >= 11 is 1.42. The Morgan fingerprint density at radius 3 is 2.38 bits per heavy atom. The second kappa shape index (κ2) is 10.0. The topological polar surface area (TPSA) is 85.3 Å². The lowest BCUT2D eigenvalue weighted by Gasteiger charge is -2.24. The number of thiophene rings is 1. The van der Waals surface area contributed by atoms with E-state index in [4.69, 9.17) is 14.2 Å². The van der Waals surface area contributed by atoms with Gasteiger partial charge < -0.3 is 24.2 Å². The monoisotopic (exact) mass is 479 g/mol. The highest BCUT2D eigenvalue weighted by molar-refractivity contribution is 7.10. The third-order valence-electron chi connectivity index (χ3n) is 5.68. The molecule has 176 valence electrons. The highest BCUT2D eigenvalue weighted by atomic mass is 32.1. The Hall–Kier alpha value is -3.78. The summed E-state index contributed by atoms with van der Waals surface area (Å²) < 4.78 is 16.2. The fraction of sp³-hybridized carbons (Fsp3) is 0.231. The van der Waals surface area contributed by atoms with Crippen molar-refractivity contribution in [2.45, 2.75) is 13.0 Å². The van der Waals surface area contributed by atoms with Crippen molar-refractivity contribution in [2.24, 2.45) is 0 Å². The van der Waals surface area contributed by atoms with Crippen LogP contribution >= 0.6 is 11.3 Å². The van der Waals surface area contributed by atoms with E-state index >= 15 is 0 Å². The first-order chi connectivity index (χ1) is 16.4. The molecule has 0 saturated carbocycles. The Bertz CT molecular complexity index is 1220. The van der Waals surface area contributed by atoms with Crippen molar-refractivity contribution in [3.05, 3.63) is 81.6 Å². The van der Waals surface area contributed by atoms with E-state index < -0.39 is 17.7 Å². The maximum Gasteiger partial charge on any atom is 0.295 e. The zero-order valence-corrected chi connectivity index (χ0v) is 19.9. The number of aryl methyl sites for hydroxylation is 1. The zero-order valence-electron chi connectivity index (χ0n) is 19.1. The van der Waals surface area contributed by atoms with Crippen LogP contribution in [0.2, 0.25) is 0 Å². The number of amides is 1. The fourth-order valence-electron chi connectivity index (χ4n) is 3.97. The third-order valence-corrected chi connectivity index (χ3v) is 6.61. The van der Waals surface area contributed by atoms with Crippen molar-refractivity contribution in [1.29, 1.82) is 0 Å². The lowest BCUT2D eigenvalue weighted by Crippen LogP contribution is -2.33. The first-order valence-corrected chi connectivity index (χ1v) is 11.6. The Balaban J connectivity index is 1.63. The number of nitrogens with zero attached hydrogens (tertiary/aromatic N) is 1. The lowest BCUT2D eigenvalue weighted by atomic mass is 9.99. The Kier molecular flexibility index (Phi) is 6.88. The molecular formula is C26H25NO6S. The summed E-state index contributed by atoms with van der Waals surface area (Å²) in [4.78, 5) is 28.3. The Labute approximate surface area is 201 Å². The molecule has 0 aliphatic carbocycles. The summed E-state index contributed by atoms with van der Waals surface area (Å²) in [5.41, 5.74) is 1.33. The van der Waals surface area contributed by atoms with Gasteiger partial charge in [-0.1, -0.05) is 6.07 Å². The molecule has 34 heavy (non-hydrogen) atoms. The number of ether oxygens (including phenoxy) is 3. The van der Waals surface area contributed by atoms with Gasteiger partial charge in [0.2, 0.25) is 0 Å².